The Morgan fingerprint density at radius 2 is 1.96 bits per heavy atom. The Bertz CT molecular complexity index is 840. The van der Waals surface area contributed by atoms with Crippen LogP contribution in [0.2, 0.25) is 0 Å². The number of halogens is 3. The van der Waals surface area contributed by atoms with Crippen LogP contribution in [0, 0.1) is 11.6 Å². The van der Waals surface area contributed by atoms with Crippen LogP contribution >= 0.6 is 24.0 Å². The monoisotopic (exact) mass is 487 g/mol. The second-order valence-corrected chi connectivity index (χ2v) is 6.87. The van der Waals surface area contributed by atoms with Crippen molar-refractivity contribution >= 4 is 35.6 Å². The first-order valence-electron chi connectivity index (χ1n) is 8.72. The minimum Gasteiger partial charge on any atom is -0.383 e. The molecule has 0 spiro atoms. The molecule has 0 amide bonds. The number of nitrogens with one attached hydrogen (secondary N) is 1. The second-order valence-electron chi connectivity index (χ2n) is 6.87. The average Bonchev–Trinajstić information content (AvgIpc) is 2.60. The van der Waals surface area contributed by atoms with Crippen LogP contribution in [0.3, 0.4) is 0 Å². The van der Waals surface area contributed by atoms with E-state index in [2.05, 4.69) is 16.4 Å². The molecule has 4 nitrogen and oxygen atoms in total. The molecular weight excluding hydrogens is 463 g/mol. The predicted octanol–water partition coefficient (Wildman–Crippen LogP) is 4.10. The lowest BCUT2D eigenvalue weighted by molar-refractivity contribution is 0.0634. The normalized spacial score (nSPS) is 16.1. The Balaban J connectivity index is 0.00000261. The van der Waals surface area contributed by atoms with E-state index in [0.29, 0.717) is 0 Å². The molecule has 7 heteroatoms. The summed E-state index contributed by atoms with van der Waals surface area (Å²) in [7, 11) is 0. The Kier molecular flexibility index (Phi) is 7.16. The van der Waals surface area contributed by atoms with Crippen LogP contribution in [-0.2, 0) is 18.4 Å². The lowest BCUT2D eigenvalue weighted by Gasteiger charge is -2.23. The molecule has 0 fully saturated rings. The summed E-state index contributed by atoms with van der Waals surface area (Å²) in [5.41, 5.74) is 7.81. The molecule has 0 radical (unpaired) electrons. The number of hydrogen-bond donors (Lipinski definition) is 3. The van der Waals surface area contributed by atoms with Gasteiger partial charge in [0.2, 0.25) is 0 Å². The van der Waals surface area contributed by atoms with Crippen molar-refractivity contribution in [3.63, 3.8) is 0 Å². The van der Waals surface area contributed by atoms with Crippen molar-refractivity contribution in [2.24, 2.45) is 10.7 Å². The van der Waals surface area contributed by atoms with Crippen LogP contribution in [-0.4, -0.2) is 17.6 Å². The smallest absolute Gasteiger partial charge is 0.193 e. The standard InChI is InChI=1S/C20H23F2N3O.HI/c1-20(26,16-10-9-14(21)11-17(16)22)12-24-19(23)25-18-8-4-6-13-5-2-3-7-15(13)18;/h4,6,8-11,26H,2-3,5,7,12H2,1H3,(H3,23,24,25);1H. The van der Waals surface area contributed by atoms with Crippen molar-refractivity contribution in [2.45, 2.75) is 38.2 Å². The average molecular weight is 487 g/mol. The number of aliphatic hydroxyl groups is 1. The van der Waals surface area contributed by atoms with Crippen molar-refractivity contribution in [1.82, 2.24) is 0 Å². The minimum atomic E-state index is -1.60. The van der Waals surface area contributed by atoms with Gasteiger partial charge in [0, 0.05) is 17.3 Å². The maximum Gasteiger partial charge on any atom is 0.193 e. The molecule has 2 aromatic carbocycles. The first-order valence-corrected chi connectivity index (χ1v) is 8.72. The molecule has 3 rings (SSSR count). The first kappa shape index (κ1) is 21.6. The lowest BCUT2D eigenvalue weighted by Crippen LogP contribution is -2.30. The van der Waals surface area contributed by atoms with E-state index >= 15 is 0 Å². The maximum atomic E-state index is 13.9. The van der Waals surface area contributed by atoms with Gasteiger partial charge in [0.25, 0.3) is 0 Å². The van der Waals surface area contributed by atoms with Crippen LogP contribution < -0.4 is 11.1 Å². The fourth-order valence-corrected chi connectivity index (χ4v) is 3.33. The van der Waals surface area contributed by atoms with Gasteiger partial charge in [0.05, 0.1) is 6.54 Å². The second kappa shape index (κ2) is 8.97. The zero-order chi connectivity index (χ0) is 18.7. The molecule has 0 aromatic heterocycles. The Morgan fingerprint density at radius 3 is 2.70 bits per heavy atom. The summed E-state index contributed by atoms with van der Waals surface area (Å²) in [6, 6.07) is 9.11. The number of rotatable bonds is 4. The third kappa shape index (κ3) is 5.16. The van der Waals surface area contributed by atoms with E-state index in [1.54, 1.807) is 0 Å². The van der Waals surface area contributed by atoms with Crippen molar-refractivity contribution in [3.05, 3.63) is 64.7 Å². The molecule has 27 heavy (non-hydrogen) atoms. The van der Waals surface area contributed by atoms with Crippen molar-refractivity contribution in [3.8, 4) is 0 Å². The van der Waals surface area contributed by atoms with Gasteiger partial charge in [0.15, 0.2) is 5.96 Å². The number of anilines is 1. The van der Waals surface area contributed by atoms with E-state index in [9.17, 15) is 13.9 Å². The molecule has 4 N–H and O–H groups in total. The van der Waals surface area contributed by atoms with Crippen LogP contribution in [0.1, 0.15) is 36.5 Å². The summed E-state index contributed by atoms with van der Waals surface area (Å²) in [4.78, 5) is 4.15. The van der Waals surface area contributed by atoms with E-state index in [4.69, 9.17) is 5.73 Å². The minimum absolute atomic E-state index is 0. The lowest BCUT2D eigenvalue weighted by atomic mass is 9.90. The van der Waals surface area contributed by atoms with Gasteiger partial charge in [-0.15, -0.1) is 24.0 Å². The number of nitrogens with two attached hydrogens (primary N) is 1. The molecule has 1 atom stereocenters. The first-order chi connectivity index (χ1) is 12.4. The fraction of sp³-hybridized carbons (Fsp3) is 0.350. The van der Waals surface area contributed by atoms with Gasteiger partial charge < -0.3 is 16.2 Å². The molecule has 0 bridgehead atoms. The largest absolute Gasteiger partial charge is 0.383 e. The van der Waals surface area contributed by atoms with E-state index in [-0.39, 0.29) is 42.0 Å². The summed E-state index contributed by atoms with van der Waals surface area (Å²) in [6.07, 6.45) is 4.37. The van der Waals surface area contributed by atoms with Gasteiger partial charge in [-0.1, -0.05) is 18.2 Å². The summed E-state index contributed by atoms with van der Waals surface area (Å²) in [5, 5.41) is 13.6. The van der Waals surface area contributed by atoms with Gasteiger partial charge >= 0.3 is 0 Å². The molecule has 2 aromatic rings. The number of guanidine groups is 1. The number of aryl methyl sites for hydroxylation is 1. The summed E-state index contributed by atoms with van der Waals surface area (Å²) < 4.78 is 27.0. The van der Waals surface area contributed by atoms with E-state index in [1.807, 2.05) is 12.1 Å². The van der Waals surface area contributed by atoms with Crippen LogP contribution in [0.25, 0.3) is 0 Å². The van der Waals surface area contributed by atoms with E-state index < -0.39 is 17.2 Å². The Labute approximate surface area is 174 Å². The van der Waals surface area contributed by atoms with Crippen molar-refractivity contribution < 1.29 is 13.9 Å². The molecule has 0 saturated heterocycles. The van der Waals surface area contributed by atoms with E-state index in [1.165, 1.54) is 30.5 Å². The number of aliphatic imine (C=N–C) groups is 1. The molecular formula is C20H24F2IN3O. The van der Waals surface area contributed by atoms with Crippen molar-refractivity contribution in [1.29, 1.82) is 0 Å². The topological polar surface area (TPSA) is 70.6 Å². The SMILES string of the molecule is CC(O)(CN=C(N)Nc1cccc2c1CCCC2)c1ccc(F)cc1F.I. The predicted molar refractivity (Wildman–Crippen MR) is 115 cm³/mol. The molecule has 0 aliphatic heterocycles. The highest BCUT2D eigenvalue weighted by atomic mass is 127. The highest BCUT2D eigenvalue weighted by Crippen LogP contribution is 2.28. The highest BCUT2D eigenvalue weighted by Gasteiger charge is 2.26. The van der Waals surface area contributed by atoms with Gasteiger partial charge in [0.1, 0.15) is 17.2 Å². The van der Waals surface area contributed by atoms with Gasteiger partial charge in [-0.3, -0.25) is 0 Å². The number of nitrogens with zero attached hydrogens (tertiary/aromatic N) is 1. The molecule has 1 aliphatic carbocycles. The molecule has 0 saturated carbocycles. The molecule has 1 unspecified atom stereocenters. The summed E-state index contributed by atoms with van der Waals surface area (Å²) in [6.45, 7) is 1.27. The third-order valence-corrected chi connectivity index (χ3v) is 4.73. The van der Waals surface area contributed by atoms with Crippen LogP contribution in [0.4, 0.5) is 14.5 Å². The maximum absolute atomic E-state index is 13.9. The number of benzene rings is 2. The zero-order valence-electron chi connectivity index (χ0n) is 15.1. The van der Waals surface area contributed by atoms with E-state index in [0.717, 1.165) is 37.1 Å². The highest BCUT2D eigenvalue weighted by molar-refractivity contribution is 14.0. The van der Waals surface area contributed by atoms with Gasteiger partial charge in [-0.05, 0) is 55.9 Å². The summed E-state index contributed by atoms with van der Waals surface area (Å²) in [5.74, 6) is -1.36. The van der Waals surface area contributed by atoms with Gasteiger partial charge in [-0.2, -0.15) is 0 Å². The number of fused-ring (bicyclic) bond motifs is 1. The quantitative estimate of drug-likeness (QED) is 0.346. The Hall–Kier alpha value is -1.74. The fourth-order valence-electron chi connectivity index (χ4n) is 3.33. The number of hydrogen-bond acceptors (Lipinski definition) is 2. The van der Waals surface area contributed by atoms with Crippen LogP contribution in [0.5, 0.6) is 0 Å². The Morgan fingerprint density at radius 1 is 1.22 bits per heavy atom. The van der Waals surface area contributed by atoms with Crippen molar-refractivity contribution in [2.75, 3.05) is 11.9 Å². The van der Waals surface area contributed by atoms with Gasteiger partial charge in [-0.25, -0.2) is 13.8 Å². The third-order valence-electron chi connectivity index (χ3n) is 4.73. The molecule has 1 aliphatic rings. The summed E-state index contributed by atoms with van der Waals surface area (Å²) >= 11 is 0. The zero-order valence-corrected chi connectivity index (χ0v) is 17.5. The molecule has 0 heterocycles. The molecule has 146 valence electrons. The van der Waals surface area contributed by atoms with Crippen LogP contribution in [0.15, 0.2) is 41.4 Å².